The predicted molar refractivity (Wildman–Crippen MR) is 79.6 cm³/mol. The van der Waals surface area contributed by atoms with Crippen LogP contribution in [0.4, 0.5) is 4.79 Å². The third-order valence-corrected chi connectivity index (χ3v) is 4.37. The lowest BCUT2D eigenvalue weighted by Gasteiger charge is -2.36. The monoisotopic (exact) mass is 283 g/mol. The van der Waals surface area contributed by atoms with Crippen LogP contribution in [0, 0.1) is 5.41 Å². The zero-order chi connectivity index (χ0) is 14.8. The van der Waals surface area contributed by atoms with Crippen LogP contribution in [-0.4, -0.2) is 60.8 Å². The van der Waals surface area contributed by atoms with Crippen LogP contribution in [0.15, 0.2) is 0 Å². The first-order valence-corrected chi connectivity index (χ1v) is 7.74. The molecule has 0 unspecified atom stereocenters. The van der Waals surface area contributed by atoms with Gasteiger partial charge in [0.05, 0.1) is 0 Å². The van der Waals surface area contributed by atoms with E-state index in [9.17, 15) is 4.79 Å². The molecule has 1 heterocycles. The van der Waals surface area contributed by atoms with Gasteiger partial charge in [-0.1, -0.05) is 0 Å². The second kappa shape index (κ2) is 5.90. The molecular formula is C15H29N3O2. The van der Waals surface area contributed by atoms with Crippen LogP contribution in [0.1, 0.15) is 40.0 Å². The molecule has 0 aromatic rings. The van der Waals surface area contributed by atoms with Gasteiger partial charge in [-0.2, -0.15) is 0 Å². The summed E-state index contributed by atoms with van der Waals surface area (Å²) < 4.78 is 5.41. The summed E-state index contributed by atoms with van der Waals surface area (Å²) in [5, 5.41) is 0. The highest BCUT2D eigenvalue weighted by molar-refractivity contribution is 5.68. The molecule has 0 bridgehead atoms. The van der Waals surface area contributed by atoms with Gasteiger partial charge in [-0.3, -0.25) is 4.90 Å². The quantitative estimate of drug-likeness (QED) is 0.852. The van der Waals surface area contributed by atoms with Crippen LogP contribution in [0.2, 0.25) is 0 Å². The van der Waals surface area contributed by atoms with Crippen LogP contribution >= 0.6 is 0 Å². The van der Waals surface area contributed by atoms with Crippen molar-refractivity contribution >= 4 is 6.09 Å². The van der Waals surface area contributed by atoms with Gasteiger partial charge >= 0.3 is 6.09 Å². The Labute approximate surface area is 122 Å². The second-order valence-corrected chi connectivity index (χ2v) is 7.26. The van der Waals surface area contributed by atoms with Crippen molar-refractivity contribution in [2.24, 2.45) is 11.1 Å². The number of carbonyl (C=O) groups is 1. The fraction of sp³-hybridized carbons (Fsp3) is 0.933. The number of hydrogen-bond acceptors (Lipinski definition) is 4. The number of rotatable bonds is 4. The highest BCUT2D eigenvalue weighted by Gasteiger charge is 2.41. The smallest absolute Gasteiger partial charge is 0.410 e. The largest absolute Gasteiger partial charge is 0.444 e. The number of amides is 1. The van der Waals surface area contributed by atoms with Crippen molar-refractivity contribution in [2.45, 2.75) is 45.6 Å². The van der Waals surface area contributed by atoms with Crippen LogP contribution in [0.3, 0.4) is 0 Å². The van der Waals surface area contributed by atoms with Crippen LogP contribution < -0.4 is 5.73 Å². The van der Waals surface area contributed by atoms with Crippen molar-refractivity contribution in [3.8, 4) is 0 Å². The van der Waals surface area contributed by atoms with Gasteiger partial charge in [0.25, 0.3) is 0 Å². The maximum Gasteiger partial charge on any atom is 0.410 e. The first-order valence-electron chi connectivity index (χ1n) is 7.74. The van der Waals surface area contributed by atoms with E-state index < -0.39 is 5.60 Å². The van der Waals surface area contributed by atoms with Crippen molar-refractivity contribution < 1.29 is 9.53 Å². The molecule has 5 nitrogen and oxygen atoms in total. The van der Waals surface area contributed by atoms with E-state index in [4.69, 9.17) is 10.5 Å². The molecule has 20 heavy (non-hydrogen) atoms. The number of ether oxygens (including phenoxy) is 1. The van der Waals surface area contributed by atoms with Crippen LogP contribution in [0.5, 0.6) is 0 Å². The normalized spacial score (nSPS) is 22.7. The lowest BCUT2D eigenvalue weighted by molar-refractivity contribution is 0.0140. The van der Waals surface area contributed by atoms with Crippen molar-refractivity contribution in [3.05, 3.63) is 0 Å². The van der Waals surface area contributed by atoms with Gasteiger partial charge in [0.1, 0.15) is 5.60 Å². The maximum atomic E-state index is 12.0. The Morgan fingerprint density at radius 1 is 1.20 bits per heavy atom. The highest BCUT2D eigenvalue weighted by Crippen LogP contribution is 2.47. The molecule has 0 aromatic carbocycles. The topological polar surface area (TPSA) is 58.8 Å². The zero-order valence-corrected chi connectivity index (χ0v) is 13.2. The zero-order valence-electron chi connectivity index (χ0n) is 13.2. The molecule has 2 rings (SSSR count). The first-order chi connectivity index (χ1) is 9.34. The number of nitrogens with zero attached hydrogens (tertiary/aromatic N) is 2. The molecule has 0 aromatic heterocycles. The van der Waals surface area contributed by atoms with Crippen molar-refractivity contribution in [1.29, 1.82) is 0 Å². The maximum absolute atomic E-state index is 12.0. The van der Waals surface area contributed by atoms with E-state index in [0.717, 1.165) is 39.3 Å². The second-order valence-electron chi connectivity index (χ2n) is 7.26. The number of nitrogens with two attached hydrogens (primary N) is 1. The molecule has 2 aliphatic rings. The van der Waals surface area contributed by atoms with Gasteiger partial charge in [0.2, 0.25) is 0 Å². The van der Waals surface area contributed by atoms with E-state index >= 15 is 0 Å². The number of carbonyl (C=O) groups excluding carboxylic acids is 1. The molecule has 116 valence electrons. The van der Waals surface area contributed by atoms with Crippen LogP contribution in [-0.2, 0) is 4.74 Å². The molecule has 1 saturated heterocycles. The lowest BCUT2D eigenvalue weighted by Crippen LogP contribution is -2.50. The average Bonchev–Trinajstić information content (AvgIpc) is 3.16. The SMILES string of the molecule is CC(C)(C)OC(=O)N1CCN(CCC2(CN)CC2)CC1. The Morgan fingerprint density at radius 3 is 2.25 bits per heavy atom. The third-order valence-electron chi connectivity index (χ3n) is 4.37. The molecule has 0 spiro atoms. The van der Waals surface area contributed by atoms with Crippen molar-refractivity contribution in [1.82, 2.24) is 9.80 Å². The molecule has 0 radical (unpaired) electrons. The summed E-state index contributed by atoms with van der Waals surface area (Å²) in [6.45, 7) is 11.1. The highest BCUT2D eigenvalue weighted by atomic mass is 16.6. The summed E-state index contributed by atoms with van der Waals surface area (Å²) >= 11 is 0. The van der Waals surface area contributed by atoms with Gasteiger partial charge in [0.15, 0.2) is 0 Å². The van der Waals surface area contributed by atoms with E-state index in [1.165, 1.54) is 19.3 Å². The Bertz CT molecular complexity index is 340. The molecule has 0 atom stereocenters. The summed E-state index contributed by atoms with van der Waals surface area (Å²) in [5.41, 5.74) is 5.85. The number of piperazine rings is 1. The minimum absolute atomic E-state index is 0.183. The first kappa shape index (κ1) is 15.6. The minimum Gasteiger partial charge on any atom is -0.444 e. The van der Waals surface area contributed by atoms with Crippen molar-refractivity contribution in [2.75, 3.05) is 39.3 Å². The van der Waals surface area contributed by atoms with Gasteiger partial charge in [-0.25, -0.2) is 4.79 Å². The molecule has 2 fully saturated rings. The van der Waals surface area contributed by atoms with E-state index in [2.05, 4.69) is 4.90 Å². The predicted octanol–water partition coefficient (Wildman–Crippen LogP) is 1.67. The molecule has 1 aliphatic heterocycles. The Kier molecular flexibility index (Phi) is 4.59. The molecule has 1 aliphatic carbocycles. The molecule has 1 saturated carbocycles. The van der Waals surface area contributed by atoms with Gasteiger partial charge in [0, 0.05) is 26.2 Å². The van der Waals surface area contributed by atoms with Crippen molar-refractivity contribution in [3.63, 3.8) is 0 Å². The van der Waals surface area contributed by atoms with E-state index in [-0.39, 0.29) is 6.09 Å². The summed E-state index contributed by atoms with van der Waals surface area (Å²) in [7, 11) is 0. The Morgan fingerprint density at radius 2 is 1.80 bits per heavy atom. The van der Waals surface area contributed by atoms with E-state index in [1.54, 1.807) is 0 Å². The molecular weight excluding hydrogens is 254 g/mol. The number of hydrogen-bond donors (Lipinski definition) is 1. The summed E-state index contributed by atoms with van der Waals surface area (Å²) in [4.78, 5) is 16.2. The fourth-order valence-electron chi connectivity index (χ4n) is 2.61. The lowest BCUT2D eigenvalue weighted by atomic mass is 10.0. The van der Waals surface area contributed by atoms with Gasteiger partial charge in [-0.15, -0.1) is 0 Å². The summed E-state index contributed by atoms with van der Waals surface area (Å²) in [5.74, 6) is 0. The van der Waals surface area contributed by atoms with Crippen LogP contribution in [0.25, 0.3) is 0 Å². The van der Waals surface area contributed by atoms with Gasteiger partial charge < -0.3 is 15.4 Å². The molecule has 2 N–H and O–H groups in total. The van der Waals surface area contributed by atoms with E-state index in [0.29, 0.717) is 5.41 Å². The van der Waals surface area contributed by atoms with Gasteiger partial charge in [-0.05, 0) is 58.5 Å². The fourth-order valence-corrected chi connectivity index (χ4v) is 2.61. The molecule has 1 amide bonds. The minimum atomic E-state index is -0.409. The molecule has 5 heteroatoms. The summed E-state index contributed by atoms with van der Waals surface area (Å²) in [6.07, 6.45) is 3.61. The Hall–Kier alpha value is -0.810. The third kappa shape index (κ3) is 4.35. The summed E-state index contributed by atoms with van der Waals surface area (Å²) in [6, 6.07) is 0. The Balaban J connectivity index is 1.68. The standard InChI is InChI=1S/C15H29N3O2/c1-14(2,3)20-13(19)18-10-8-17(9-11-18)7-6-15(12-16)4-5-15/h4-12,16H2,1-3H3. The average molecular weight is 283 g/mol. The van der Waals surface area contributed by atoms with E-state index in [1.807, 2.05) is 25.7 Å².